The van der Waals surface area contributed by atoms with Crippen molar-refractivity contribution in [3.05, 3.63) is 11.8 Å². The van der Waals surface area contributed by atoms with Crippen molar-refractivity contribution in [3.8, 4) is 0 Å². The second kappa shape index (κ2) is 5.01. The van der Waals surface area contributed by atoms with Crippen molar-refractivity contribution < 1.29 is 9.32 Å². The Hall–Kier alpha value is -1.52. The van der Waals surface area contributed by atoms with Gasteiger partial charge in [0.15, 0.2) is 0 Å². The van der Waals surface area contributed by atoms with Crippen LogP contribution in [0.15, 0.2) is 10.7 Å². The van der Waals surface area contributed by atoms with Gasteiger partial charge in [-0.25, -0.2) is 0 Å². The molecule has 1 aliphatic carbocycles. The van der Waals surface area contributed by atoms with E-state index in [9.17, 15) is 4.79 Å². The third kappa shape index (κ3) is 2.53. The van der Waals surface area contributed by atoms with E-state index in [1.54, 1.807) is 0 Å². The zero-order valence-electron chi connectivity index (χ0n) is 9.24. The van der Waals surface area contributed by atoms with E-state index in [1.807, 2.05) is 0 Å². The Labute approximate surface area is 94.4 Å². The summed E-state index contributed by atoms with van der Waals surface area (Å²) in [7, 11) is 0. The average Bonchev–Trinajstić information content (AvgIpc) is 2.53. The Morgan fingerprint density at radius 3 is 2.62 bits per heavy atom. The summed E-state index contributed by atoms with van der Waals surface area (Å²) in [6, 6.07) is 0.268. The minimum absolute atomic E-state index is 0.0890. The molecule has 0 radical (unpaired) electrons. The molecule has 0 aliphatic heterocycles. The topological polar surface area (TPSA) is 81.2 Å². The van der Waals surface area contributed by atoms with Gasteiger partial charge in [0.2, 0.25) is 5.88 Å². The highest BCUT2D eigenvalue weighted by molar-refractivity contribution is 5.97. The highest BCUT2D eigenvalue weighted by Gasteiger charge is 2.19. The van der Waals surface area contributed by atoms with Gasteiger partial charge in [-0.05, 0) is 12.8 Å². The van der Waals surface area contributed by atoms with Crippen molar-refractivity contribution in [2.75, 3.05) is 5.73 Å². The van der Waals surface area contributed by atoms with Crippen LogP contribution in [0.2, 0.25) is 0 Å². The maximum Gasteiger partial charge on any atom is 0.258 e. The first-order chi connectivity index (χ1) is 7.77. The molecular weight excluding hydrogens is 206 g/mol. The molecule has 16 heavy (non-hydrogen) atoms. The third-order valence-corrected chi connectivity index (χ3v) is 3.03. The van der Waals surface area contributed by atoms with Gasteiger partial charge < -0.3 is 15.6 Å². The number of aromatic nitrogens is 1. The second-order valence-corrected chi connectivity index (χ2v) is 4.27. The maximum atomic E-state index is 11.8. The van der Waals surface area contributed by atoms with Crippen LogP contribution in [-0.2, 0) is 0 Å². The summed E-state index contributed by atoms with van der Waals surface area (Å²) >= 11 is 0. The van der Waals surface area contributed by atoms with Crippen molar-refractivity contribution in [2.24, 2.45) is 0 Å². The first-order valence-corrected chi connectivity index (χ1v) is 5.78. The molecule has 0 saturated heterocycles. The zero-order chi connectivity index (χ0) is 11.4. The summed E-state index contributed by atoms with van der Waals surface area (Å²) < 4.78 is 4.67. The number of anilines is 1. The largest absolute Gasteiger partial charge is 0.367 e. The molecule has 3 N–H and O–H groups in total. The van der Waals surface area contributed by atoms with Gasteiger partial charge >= 0.3 is 0 Å². The quantitative estimate of drug-likeness (QED) is 0.748. The van der Waals surface area contributed by atoms with E-state index in [0.29, 0.717) is 5.56 Å². The maximum absolute atomic E-state index is 11.8. The highest BCUT2D eigenvalue weighted by Crippen LogP contribution is 2.18. The molecule has 0 unspecified atom stereocenters. The summed E-state index contributed by atoms with van der Waals surface area (Å²) in [5, 5.41) is 6.48. The highest BCUT2D eigenvalue weighted by atomic mass is 16.5. The van der Waals surface area contributed by atoms with Gasteiger partial charge in [-0.15, -0.1) is 0 Å². The van der Waals surface area contributed by atoms with Gasteiger partial charge in [-0.1, -0.05) is 30.8 Å². The summed E-state index contributed by atoms with van der Waals surface area (Å²) in [5.41, 5.74) is 5.82. The molecule has 0 bridgehead atoms. The number of hydrogen-bond donors (Lipinski definition) is 2. The molecule has 1 heterocycles. The van der Waals surface area contributed by atoms with Crippen molar-refractivity contribution in [1.82, 2.24) is 10.5 Å². The van der Waals surface area contributed by atoms with Crippen LogP contribution in [0.25, 0.3) is 0 Å². The van der Waals surface area contributed by atoms with Crippen LogP contribution in [0.5, 0.6) is 0 Å². The van der Waals surface area contributed by atoms with Gasteiger partial charge in [-0.2, -0.15) is 0 Å². The standard InChI is InChI=1S/C11H17N3O2/c12-10-9(7-13-16-10)11(15)14-8-5-3-1-2-4-6-8/h7-8H,1-6,12H2,(H,14,15). The van der Waals surface area contributed by atoms with E-state index in [4.69, 9.17) is 5.73 Å². The van der Waals surface area contributed by atoms with Crippen LogP contribution >= 0.6 is 0 Å². The fourth-order valence-electron chi connectivity index (χ4n) is 2.11. The first kappa shape index (κ1) is 11.0. The van der Waals surface area contributed by atoms with Crippen LogP contribution in [0.3, 0.4) is 0 Å². The molecule has 1 aromatic heterocycles. The molecule has 1 saturated carbocycles. The lowest BCUT2D eigenvalue weighted by molar-refractivity contribution is 0.0934. The number of rotatable bonds is 2. The molecule has 2 rings (SSSR count). The van der Waals surface area contributed by atoms with Crippen LogP contribution in [0, 0.1) is 0 Å². The predicted octanol–water partition coefficient (Wildman–Crippen LogP) is 1.71. The van der Waals surface area contributed by atoms with Crippen molar-refractivity contribution in [3.63, 3.8) is 0 Å². The molecule has 0 aromatic carbocycles. The van der Waals surface area contributed by atoms with Gasteiger partial charge in [-0.3, -0.25) is 4.79 Å². The number of nitrogens with zero attached hydrogens (tertiary/aromatic N) is 1. The SMILES string of the molecule is Nc1oncc1C(=O)NC1CCCCCC1. The first-order valence-electron chi connectivity index (χ1n) is 5.78. The Bertz CT molecular complexity index is 354. The minimum Gasteiger partial charge on any atom is -0.367 e. The average molecular weight is 223 g/mol. The van der Waals surface area contributed by atoms with E-state index in [2.05, 4.69) is 15.0 Å². The van der Waals surface area contributed by atoms with Gasteiger partial charge in [0.25, 0.3) is 5.91 Å². The van der Waals surface area contributed by atoms with Crippen LogP contribution in [0.4, 0.5) is 5.88 Å². The van der Waals surface area contributed by atoms with E-state index in [1.165, 1.54) is 31.9 Å². The Balaban J connectivity index is 1.93. The number of hydrogen-bond acceptors (Lipinski definition) is 4. The second-order valence-electron chi connectivity index (χ2n) is 4.27. The van der Waals surface area contributed by atoms with Crippen molar-refractivity contribution in [1.29, 1.82) is 0 Å². The molecule has 5 heteroatoms. The zero-order valence-corrected chi connectivity index (χ0v) is 9.24. The molecule has 1 fully saturated rings. The van der Waals surface area contributed by atoms with E-state index >= 15 is 0 Å². The number of carbonyl (C=O) groups excluding carboxylic acids is 1. The van der Waals surface area contributed by atoms with Crippen molar-refractivity contribution >= 4 is 11.8 Å². The fourth-order valence-corrected chi connectivity index (χ4v) is 2.11. The predicted molar refractivity (Wildman–Crippen MR) is 59.9 cm³/mol. The lowest BCUT2D eigenvalue weighted by Crippen LogP contribution is -2.34. The molecule has 1 aliphatic rings. The molecule has 88 valence electrons. The Morgan fingerprint density at radius 2 is 2.06 bits per heavy atom. The lowest BCUT2D eigenvalue weighted by Gasteiger charge is -2.15. The molecular formula is C11H17N3O2. The Morgan fingerprint density at radius 1 is 1.38 bits per heavy atom. The smallest absolute Gasteiger partial charge is 0.258 e. The number of nitrogen functional groups attached to an aromatic ring is 1. The Kier molecular flexibility index (Phi) is 3.44. The van der Waals surface area contributed by atoms with E-state index in [0.717, 1.165) is 12.8 Å². The third-order valence-electron chi connectivity index (χ3n) is 3.03. The summed E-state index contributed by atoms with van der Waals surface area (Å²) in [6.07, 6.45) is 8.37. The normalized spacial score (nSPS) is 18.0. The number of amides is 1. The lowest BCUT2D eigenvalue weighted by atomic mass is 10.1. The van der Waals surface area contributed by atoms with Gasteiger partial charge in [0.1, 0.15) is 5.56 Å². The summed E-state index contributed by atoms with van der Waals surface area (Å²) in [6.45, 7) is 0. The molecule has 5 nitrogen and oxygen atoms in total. The minimum atomic E-state index is -0.175. The van der Waals surface area contributed by atoms with E-state index < -0.39 is 0 Å². The fraction of sp³-hybridized carbons (Fsp3) is 0.636. The van der Waals surface area contributed by atoms with Gasteiger partial charge in [0, 0.05) is 6.04 Å². The monoisotopic (exact) mass is 223 g/mol. The summed E-state index contributed by atoms with van der Waals surface area (Å²) in [4.78, 5) is 11.8. The molecule has 0 spiro atoms. The molecule has 1 aromatic rings. The number of nitrogens with two attached hydrogens (primary N) is 1. The molecule has 1 amide bonds. The van der Waals surface area contributed by atoms with Crippen LogP contribution in [-0.4, -0.2) is 17.1 Å². The summed E-state index contributed by atoms with van der Waals surface area (Å²) in [5.74, 6) is -0.0863. The molecule has 0 atom stereocenters. The van der Waals surface area contributed by atoms with Crippen molar-refractivity contribution in [2.45, 2.75) is 44.6 Å². The van der Waals surface area contributed by atoms with Crippen LogP contribution in [0.1, 0.15) is 48.9 Å². The van der Waals surface area contributed by atoms with Gasteiger partial charge in [0.05, 0.1) is 6.20 Å². The number of nitrogens with one attached hydrogen (secondary N) is 1. The number of carbonyl (C=O) groups is 1. The van der Waals surface area contributed by atoms with Crippen LogP contribution < -0.4 is 11.1 Å². The van der Waals surface area contributed by atoms with E-state index in [-0.39, 0.29) is 17.8 Å².